The molecule has 4 nitrogen and oxygen atoms in total. The highest BCUT2D eigenvalue weighted by Gasteiger charge is 2.43. The third kappa shape index (κ3) is 5.71. The number of halogens is 2. The van der Waals surface area contributed by atoms with E-state index in [2.05, 4.69) is 38.2 Å². The van der Waals surface area contributed by atoms with E-state index in [-0.39, 0.29) is 35.0 Å². The fourth-order valence-electron chi connectivity index (χ4n) is 4.04. The normalized spacial score (nSPS) is 17.9. The van der Waals surface area contributed by atoms with Gasteiger partial charge in [0.2, 0.25) is 5.91 Å². The average molecular weight is 511 g/mol. The van der Waals surface area contributed by atoms with Crippen LogP contribution in [0.15, 0.2) is 72.8 Å². The number of carbonyl (C=O) groups is 2. The second kappa shape index (κ2) is 10.4. The third-order valence-electron chi connectivity index (χ3n) is 6.08. The first-order valence-electron chi connectivity index (χ1n) is 11.5. The van der Waals surface area contributed by atoms with Crippen LogP contribution in [-0.4, -0.2) is 28.5 Å². The van der Waals surface area contributed by atoms with E-state index in [9.17, 15) is 14.0 Å². The number of hydrogen-bond donors (Lipinski definition) is 1. The Morgan fingerprint density at radius 3 is 2.31 bits per heavy atom. The Hall–Kier alpha value is -2.83. The van der Waals surface area contributed by atoms with Crippen molar-refractivity contribution in [1.29, 1.82) is 0 Å². The van der Waals surface area contributed by atoms with Crippen molar-refractivity contribution in [2.75, 3.05) is 5.75 Å². The number of carbonyl (C=O) groups excluding carboxylic acids is 2. The van der Waals surface area contributed by atoms with Gasteiger partial charge in [-0.3, -0.25) is 9.59 Å². The molecule has 1 aliphatic heterocycles. The van der Waals surface area contributed by atoms with Crippen molar-refractivity contribution in [2.24, 2.45) is 0 Å². The zero-order valence-corrected chi connectivity index (χ0v) is 21.5. The molecule has 0 spiro atoms. The van der Waals surface area contributed by atoms with Gasteiger partial charge < -0.3 is 10.2 Å². The van der Waals surface area contributed by atoms with Crippen LogP contribution >= 0.6 is 23.4 Å². The molecule has 1 heterocycles. The van der Waals surface area contributed by atoms with Crippen LogP contribution in [0.1, 0.15) is 53.2 Å². The van der Waals surface area contributed by atoms with Crippen LogP contribution < -0.4 is 5.32 Å². The third-order valence-corrected chi connectivity index (χ3v) is 7.74. The molecular formula is C28H28ClFN2O2S. The van der Waals surface area contributed by atoms with Gasteiger partial charge in [0.05, 0.1) is 10.6 Å². The zero-order chi connectivity index (χ0) is 25.2. The van der Waals surface area contributed by atoms with Crippen molar-refractivity contribution in [1.82, 2.24) is 10.2 Å². The molecule has 0 saturated carbocycles. The predicted octanol–water partition coefficient (Wildman–Crippen LogP) is 6.35. The van der Waals surface area contributed by atoms with Gasteiger partial charge in [-0.15, -0.1) is 11.8 Å². The van der Waals surface area contributed by atoms with Crippen molar-refractivity contribution < 1.29 is 14.0 Å². The highest BCUT2D eigenvalue weighted by molar-refractivity contribution is 7.99. The molecule has 3 aromatic rings. The molecule has 4 rings (SSSR count). The summed E-state index contributed by atoms with van der Waals surface area (Å²) in [5.74, 6) is -0.412. The van der Waals surface area contributed by atoms with Crippen molar-refractivity contribution in [3.05, 3.63) is 106 Å². The number of benzene rings is 3. The Morgan fingerprint density at radius 1 is 1.03 bits per heavy atom. The van der Waals surface area contributed by atoms with Crippen molar-refractivity contribution in [3.8, 4) is 0 Å². The van der Waals surface area contributed by atoms with Gasteiger partial charge in [0.15, 0.2) is 0 Å². The molecule has 35 heavy (non-hydrogen) atoms. The van der Waals surface area contributed by atoms with Gasteiger partial charge in [-0.05, 0) is 46.4 Å². The number of hydrogen-bond acceptors (Lipinski definition) is 3. The van der Waals surface area contributed by atoms with Crippen LogP contribution in [0.25, 0.3) is 0 Å². The molecule has 0 bridgehead atoms. The van der Waals surface area contributed by atoms with E-state index in [4.69, 9.17) is 11.6 Å². The summed E-state index contributed by atoms with van der Waals surface area (Å²) < 4.78 is 13.2. The van der Waals surface area contributed by atoms with Gasteiger partial charge in [0.1, 0.15) is 17.2 Å². The number of rotatable bonds is 5. The number of nitrogens with zero attached hydrogens (tertiary/aromatic N) is 1. The SMILES string of the molecule is CC(C)(C)c1ccc(C2SCC(C(=O)NCc3ccc(F)cc3)N2C(=O)c2ccccc2Cl)cc1. The monoisotopic (exact) mass is 510 g/mol. The molecule has 2 atom stereocenters. The summed E-state index contributed by atoms with van der Waals surface area (Å²) in [4.78, 5) is 28.6. The van der Waals surface area contributed by atoms with Crippen molar-refractivity contribution in [2.45, 2.75) is 44.1 Å². The molecule has 182 valence electrons. The lowest BCUT2D eigenvalue weighted by Crippen LogP contribution is -2.47. The molecule has 0 aromatic heterocycles. The number of amides is 2. The second-order valence-corrected chi connectivity index (χ2v) is 11.1. The van der Waals surface area contributed by atoms with E-state index < -0.39 is 6.04 Å². The lowest BCUT2D eigenvalue weighted by atomic mass is 9.86. The van der Waals surface area contributed by atoms with Crippen LogP contribution in [0.2, 0.25) is 5.02 Å². The first-order chi connectivity index (χ1) is 16.6. The Labute approximate surface area is 214 Å². The molecule has 2 unspecified atom stereocenters. The molecule has 3 aromatic carbocycles. The van der Waals surface area contributed by atoms with E-state index >= 15 is 0 Å². The number of thioether (sulfide) groups is 1. The summed E-state index contributed by atoms with van der Waals surface area (Å²) in [6.45, 7) is 6.71. The smallest absolute Gasteiger partial charge is 0.257 e. The second-order valence-electron chi connectivity index (χ2n) is 9.61. The van der Waals surface area contributed by atoms with E-state index in [1.807, 2.05) is 12.1 Å². The molecule has 7 heteroatoms. The van der Waals surface area contributed by atoms with Crippen molar-refractivity contribution >= 4 is 35.2 Å². The Morgan fingerprint density at radius 2 is 1.69 bits per heavy atom. The average Bonchev–Trinajstić information content (AvgIpc) is 3.28. The highest BCUT2D eigenvalue weighted by atomic mass is 35.5. The van der Waals surface area contributed by atoms with Gasteiger partial charge in [-0.2, -0.15) is 0 Å². The first kappa shape index (κ1) is 25.3. The molecule has 2 amide bonds. The standard InChI is InChI=1S/C28H28ClFN2O2S/c1-28(2,3)20-12-10-19(11-13-20)27-32(26(34)22-6-4-5-7-23(22)29)24(17-35-27)25(33)31-16-18-8-14-21(30)15-9-18/h4-15,24,27H,16-17H2,1-3H3,(H,31,33). The fraction of sp³-hybridized carbons (Fsp3) is 0.286. The summed E-state index contributed by atoms with van der Waals surface area (Å²) in [5.41, 5.74) is 3.31. The molecule has 1 fully saturated rings. The zero-order valence-electron chi connectivity index (χ0n) is 19.9. The lowest BCUT2D eigenvalue weighted by molar-refractivity contribution is -0.125. The molecule has 1 saturated heterocycles. The van der Waals surface area contributed by atoms with Gasteiger partial charge in [-0.25, -0.2) is 4.39 Å². The van der Waals surface area contributed by atoms with Gasteiger partial charge in [-0.1, -0.05) is 80.9 Å². The minimum atomic E-state index is -0.670. The molecule has 1 aliphatic rings. The topological polar surface area (TPSA) is 49.4 Å². The molecule has 1 N–H and O–H groups in total. The summed E-state index contributed by atoms with van der Waals surface area (Å²) in [7, 11) is 0. The quantitative estimate of drug-likeness (QED) is 0.435. The Kier molecular flexibility index (Phi) is 7.53. The maximum absolute atomic E-state index is 13.7. The van der Waals surface area contributed by atoms with E-state index in [0.717, 1.165) is 11.1 Å². The molecular weight excluding hydrogens is 483 g/mol. The van der Waals surface area contributed by atoms with Gasteiger partial charge >= 0.3 is 0 Å². The van der Waals surface area contributed by atoms with Gasteiger partial charge in [0.25, 0.3) is 5.91 Å². The summed E-state index contributed by atoms with van der Waals surface area (Å²) in [6.07, 6.45) is 0. The van der Waals surface area contributed by atoms with Crippen LogP contribution in [0.3, 0.4) is 0 Å². The maximum atomic E-state index is 13.7. The first-order valence-corrected chi connectivity index (χ1v) is 12.9. The van der Waals surface area contributed by atoms with Crippen LogP contribution in [0.4, 0.5) is 4.39 Å². The van der Waals surface area contributed by atoms with Crippen LogP contribution in [0, 0.1) is 5.82 Å². The van der Waals surface area contributed by atoms with Crippen LogP contribution in [0.5, 0.6) is 0 Å². The summed E-state index contributed by atoms with van der Waals surface area (Å²) in [5, 5.41) is 2.93. The van der Waals surface area contributed by atoms with Gasteiger partial charge in [0, 0.05) is 12.3 Å². The number of nitrogens with one attached hydrogen (secondary N) is 1. The lowest BCUT2D eigenvalue weighted by Gasteiger charge is -2.30. The fourth-order valence-corrected chi connectivity index (χ4v) is 5.69. The Balaban J connectivity index is 1.61. The maximum Gasteiger partial charge on any atom is 0.257 e. The summed E-state index contributed by atoms with van der Waals surface area (Å²) >= 11 is 7.92. The van der Waals surface area contributed by atoms with E-state index in [1.165, 1.54) is 17.7 Å². The van der Waals surface area contributed by atoms with E-state index in [1.54, 1.807) is 53.1 Å². The van der Waals surface area contributed by atoms with E-state index in [0.29, 0.717) is 16.3 Å². The largest absolute Gasteiger partial charge is 0.350 e. The highest BCUT2D eigenvalue weighted by Crippen LogP contribution is 2.43. The van der Waals surface area contributed by atoms with Crippen LogP contribution in [-0.2, 0) is 16.8 Å². The van der Waals surface area contributed by atoms with Crippen molar-refractivity contribution in [3.63, 3.8) is 0 Å². The minimum Gasteiger partial charge on any atom is -0.350 e. The molecule has 0 radical (unpaired) electrons. The predicted molar refractivity (Wildman–Crippen MR) is 140 cm³/mol. The Bertz CT molecular complexity index is 1210. The summed E-state index contributed by atoms with van der Waals surface area (Å²) in [6, 6.07) is 20.4. The molecule has 0 aliphatic carbocycles. The minimum absolute atomic E-state index is 0.0111.